The molecule has 2 aliphatic carbocycles. The Labute approximate surface area is 183 Å². The third-order valence-corrected chi connectivity index (χ3v) is 5.89. The fourth-order valence-electron chi connectivity index (χ4n) is 4.04. The summed E-state index contributed by atoms with van der Waals surface area (Å²) in [6.45, 7) is -2.86. The van der Waals surface area contributed by atoms with E-state index in [-0.39, 0.29) is 42.9 Å². The smallest absolute Gasteiger partial charge is 0.387 e. The molecule has 32 heavy (non-hydrogen) atoms. The van der Waals surface area contributed by atoms with Crippen LogP contribution in [0.4, 0.5) is 20.2 Å². The molecule has 1 saturated heterocycles. The maximum absolute atomic E-state index is 13.0. The first-order valence-corrected chi connectivity index (χ1v) is 10.7. The molecule has 1 heterocycles. The van der Waals surface area contributed by atoms with Crippen molar-refractivity contribution >= 4 is 29.1 Å². The zero-order valence-electron chi connectivity index (χ0n) is 17.4. The number of nitrogens with two attached hydrogens (primary N) is 1. The summed E-state index contributed by atoms with van der Waals surface area (Å²) in [5.41, 5.74) is 5.75. The van der Waals surface area contributed by atoms with Crippen molar-refractivity contribution in [3.8, 4) is 5.75 Å². The molecule has 3 aliphatic rings. The van der Waals surface area contributed by atoms with Crippen LogP contribution in [0.2, 0.25) is 0 Å². The van der Waals surface area contributed by atoms with E-state index >= 15 is 0 Å². The van der Waals surface area contributed by atoms with Gasteiger partial charge in [-0.1, -0.05) is 0 Å². The Hall–Kier alpha value is -2.79. The number of hydrogen-bond acceptors (Lipinski definition) is 6. The number of amides is 3. The largest absolute Gasteiger partial charge is 0.433 e. The molecule has 1 aromatic rings. The lowest BCUT2D eigenvalue weighted by Crippen LogP contribution is -2.54. The third kappa shape index (κ3) is 5.33. The first-order chi connectivity index (χ1) is 15.3. The number of halogens is 2. The molecule has 174 valence electrons. The van der Waals surface area contributed by atoms with Crippen molar-refractivity contribution in [1.29, 1.82) is 0 Å². The molecular weight excluding hydrogens is 426 g/mol. The van der Waals surface area contributed by atoms with Crippen LogP contribution < -0.4 is 26.0 Å². The van der Waals surface area contributed by atoms with Crippen molar-refractivity contribution in [2.45, 2.75) is 44.4 Å². The lowest BCUT2D eigenvalue weighted by molar-refractivity contribution is -0.128. The van der Waals surface area contributed by atoms with Crippen molar-refractivity contribution in [2.75, 3.05) is 30.0 Å². The number of alkyl halides is 2. The predicted octanol–water partition coefficient (Wildman–Crippen LogP) is 1.22. The number of rotatable bonds is 10. The van der Waals surface area contributed by atoms with Crippen LogP contribution in [-0.2, 0) is 19.1 Å². The van der Waals surface area contributed by atoms with Gasteiger partial charge in [-0.2, -0.15) is 8.78 Å². The average Bonchev–Trinajstić information content (AvgIpc) is 3.63. The maximum Gasteiger partial charge on any atom is 0.387 e. The molecule has 3 fully saturated rings. The molecule has 9 nitrogen and oxygen atoms in total. The Morgan fingerprint density at radius 3 is 2.44 bits per heavy atom. The lowest BCUT2D eigenvalue weighted by Gasteiger charge is -2.28. The number of benzene rings is 1. The van der Waals surface area contributed by atoms with Gasteiger partial charge < -0.3 is 25.4 Å². The van der Waals surface area contributed by atoms with E-state index in [1.54, 1.807) is 0 Å². The van der Waals surface area contributed by atoms with Crippen LogP contribution in [0.25, 0.3) is 0 Å². The molecule has 2 saturated carbocycles. The standard InChI is InChI=1S/C21H26F2N4O5/c22-21(23)32-15-9-13(5-6-14(15)27-7-8-31-10-16(27)28)25-20(30)18(19(24)29)26-17(11-1-2-11)12-3-4-12/h5-6,9,11-12,17-18,21,26H,1-4,7-8,10H2,(H2,24,29)(H,25,30)/t18-/m1/s1. The zero-order valence-corrected chi connectivity index (χ0v) is 17.4. The van der Waals surface area contributed by atoms with Crippen LogP contribution in [0, 0.1) is 11.8 Å². The zero-order chi connectivity index (χ0) is 22.8. The topological polar surface area (TPSA) is 123 Å². The second kappa shape index (κ2) is 9.37. The quantitative estimate of drug-likeness (QED) is 0.459. The number of carbonyl (C=O) groups is 3. The molecule has 0 bridgehead atoms. The van der Waals surface area contributed by atoms with Crippen LogP contribution >= 0.6 is 0 Å². The van der Waals surface area contributed by atoms with Crippen molar-refractivity contribution in [2.24, 2.45) is 17.6 Å². The molecule has 0 spiro atoms. The van der Waals surface area contributed by atoms with Gasteiger partial charge in [0, 0.05) is 24.3 Å². The monoisotopic (exact) mass is 452 g/mol. The van der Waals surface area contributed by atoms with Crippen LogP contribution in [0.15, 0.2) is 18.2 Å². The van der Waals surface area contributed by atoms with Crippen molar-refractivity contribution < 1.29 is 32.6 Å². The number of nitrogens with one attached hydrogen (secondary N) is 2. The summed E-state index contributed by atoms with van der Waals surface area (Å²) in [6.07, 6.45) is 4.21. The minimum Gasteiger partial charge on any atom is -0.433 e. The van der Waals surface area contributed by atoms with Crippen LogP contribution in [0.1, 0.15) is 25.7 Å². The van der Waals surface area contributed by atoms with Gasteiger partial charge >= 0.3 is 6.61 Å². The first-order valence-electron chi connectivity index (χ1n) is 10.7. The molecule has 1 aromatic carbocycles. The Morgan fingerprint density at radius 2 is 1.88 bits per heavy atom. The van der Waals surface area contributed by atoms with Crippen LogP contribution in [-0.4, -0.2) is 56.2 Å². The second-order valence-electron chi connectivity index (χ2n) is 8.35. The Kier molecular flexibility index (Phi) is 6.56. The number of carbonyl (C=O) groups excluding carboxylic acids is 3. The number of anilines is 2. The Balaban J connectivity index is 1.50. The van der Waals surface area contributed by atoms with Gasteiger partial charge in [0.2, 0.25) is 5.91 Å². The molecule has 4 rings (SSSR count). The third-order valence-electron chi connectivity index (χ3n) is 5.89. The number of nitrogens with zero attached hydrogens (tertiary/aromatic N) is 1. The molecule has 0 radical (unpaired) electrons. The van der Waals surface area contributed by atoms with Gasteiger partial charge in [0.1, 0.15) is 6.61 Å². The van der Waals surface area contributed by atoms with Crippen molar-refractivity contribution in [3.63, 3.8) is 0 Å². The highest BCUT2D eigenvalue weighted by molar-refractivity contribution is 6.09. The van der Waals surface area contributed by atoms with Crippen LogP contribution in [0.3, 0.4) is 0 Å². The first kappa shape index (κ1) is 22.4. The summed E-state index contributed by atoms with van der Waals surface area (Å²) < 4.78 is 35.6. The molecular formula is C21H26F2N4O5. The summed E-state index contributed by atoms with van der Waals surface area (Å²) in [4.78, 5) is 38.2. The van der Waals surface area contributed by atoms with Gasteiger partial charge in [0.15, 0.2) is 11.8 Å². The van der Waals surface area contributed by atoms with E-state index < -0.39 is 30.4 Å². The van der Waals surface area contributed by atoms with Gasteiger partial charge in [0.05, 0.1) is 12.3 Å². The van der Waals surface area contributed by atoms with Crippen molar-refractivity contribution in [1.82, 2.24) is 5.32 Å². The molecule has 1 atom stereocenters. The number of morpholine rings is 1. The number of hydrogen-bond donors (Lipinski definition) is 3. The summed E-state index contributed by atoms with van der Waals surface area (Å²) in [5, 5.41) is 5.66. The van der Waals surface area contributed by atoms with Gasteiger partial charge in [-0.3, -0.25) is 19.7 Å². The van der Waals surface area contributed by atoms with Gasteiger partial charge in [-0.05, 0) is 49.7 Å². The highest BCUT2D eigenvalue weighted by Crippen LogP contribution is 2.44. The molecule has 0 aromatic heterocycles. The molecule has 4 N–H and O–H groups in total. The fourth-order valence-corrected chi connectivity index (χ4v) is 4.04. The van der Waals surface area contributed by atoms with E-state index in [4.69, 9.17) is 10.5 Å². The Morgan fingerprint density at radius 1 is 1.19 bits per heavy atom. The summed E-state index contributed by atoms with van der Waals surface area (Å²) in [7, 11) is 0. The highest BCUT2D eigenvalue weighted by Gasteiger charge is 2.44. The Bertz CT molecular complexity index is 879. The van der Waals surface area contributed by atoms with E-state index in [1.807, 2.05) is 0 Å². The van der Waals surface area contributed by atoms with E-state index in [1.165, 1.54) is 23.1 Å². The van der Waals surface area contributed by atoms with Gasteiger partial charge in [-0.25, -0.2) is 0 Å². The highest BCUT2D eigenvalue weighted by atomic mass is 19.3. The van der Waals surface area contributed by atoms with E-state index in [2.05, 4.69) is 15.4 Å². The fraction of sp³-hybridized carbons (Fsp3) is 0.571. The van der Waals surface area contributed by atoms with E-state index in [9.17, 15) is 23.2 Å². The summed E-state index contributed by atoms with van der Waals surface area (Å²) >= 11 is 0. The van der Waals surface area contributed by atoms with Gasteiger partial charge in [-0.15, -0.1) is 0 Å². The predicted molar refractivity (Wildman–Crippen MR) is 110 cm³/mol. The van der Waals surface area contributed by atoms with Crippen LogP contribution in [0.5, 0.6) is 5.75 Å². The SMILES string of the molecule is NC(=O)[C@@H](NC(C1CC1)C1CC1)C(=O)Nc1ccc(N2CCOCC2=O)c(OC(F)F)c1. The number of primary amides is 1. The summed E-state index contributed by atoms with van der Waals surface area (Å²) in [5.74, 6) is -1.28. The average molecular weight is 452 g/mol. The molecule has 11 heteroatoms. The molecule has 1 aliphatic heterocycles. The van der Waals surface area contributed by atoms with E-state index in [0.29, 0.717) is 11.8 Å². The minimum absolute atomic E-state index is 0.0608. The normalized spacial score (nSPS) is 19.9. The lowest BCUT2D eigenvalue weighted by atomic mass is 10.1. The maximum atomic E-state index is 13.0. The van der Waals surface area contributed by atoms with E-state index in [0.717, 1.165) is 25.7 Å². The minimum atomic E-state index is -3.13. The number of ether oxygens (including phenoxy) is 2. The second-order valence-corrected chi connectivity index (χ2v) is 8.35. The molecule has 3 amide bonds. The molecule has 0 unspecified atom stereocenters. The van der Waals surface area contributed by atoms with Gasteiger partial charge in [0.25, 0.3) is 11.8 Å². The summed E-state index contributed by atoms with van der Waals surface area (Å²) in [6, 6.07) is 2.86. The van der Waals surface area contributed by atoms with Crippen molar-refractivity contribution in [3.05, 3.63) is 18.2 Å².